The van der Waals surface area contributed by atoms with Gasteiger partial charge < -0.3 is 19.6 Å². The lowest BCUT2D eigenvalue weighted by Gasteiger charge is -2.28. The van der Waals surface area contributed by atoms with E-state index in [1.165, 1.54) is 29.2 Å². The molecule has 42 heavy (non-hydrogen) atoms. The Labute approximate surface area is 246 Å². The maximum atomic E-state index is 13.5. The molecule has 0 spiro atoms. The van der Waals surface area contributed by atoms with E-state index in [0.29, 0.717) is 34.6 Å². The van der Waals surface area contributed by atoms with E-state index in [1.807, 2.05) is 0 Å². The van der Waals surface area contributed by atoms with Crippen LogP contribution in [0.5, 0.6) is 0 Å². The molecular formula is C27H23F6N7S2. The van der Waals surface area contributed by atoms with Crippen molar-refractivity contribution in [3.05, 3.63) is 66.7 Å². The Morgan fingerprint density at radius 3 is 1.48 bits per heavy atom. The van der Waals surface area contributed by atoms with Crippen LogP contribution >= 0.6 is 23.5 Å². The number of pyridine rings is 3. The van der Waals surface area contributed by atoms with Gasteiger partial charge in [-0.25, -0.2) is 15.0 Å². The van der Waals surface area contributed by atoms with E-state index in [2.05, 4.69) is 15.0 Å². The number of halogens is 6. The summed E-state index contributed by atoms with van der Waals surface area (Å²) >= 11 is -0.528. The van der Waals surface area contributed by atoms with Crippen LogP contribution < -0.4 is 19.6 Å². The van der Waals surface area contributed by atoms with Gasteiger partial charge in [-0.05, 0) is 78.1 Å². The first-order valence-electron chi connectivity index (χ1n) is 12.3. The van der Waals surface area contributed by atoms with Crippen molar-refractivity contribution < 1.29 is 26.3 Å². The second-order valence-electron chi connectivity index (χ2n) is 9.19. The maximum absolute atomic E-state index is 13.5. The molecule has 5 rings (SSSR count). The van der Waals surface area contributed by atoms with E-state index in [4.69, 9.17) is 0 Å². The molecule has 0 unspecified atom stereocenters. The fourth-order valence-electron chi connectivity index (χ4n) is 4.29. The number of hydrogen-bond donors (Lipinski definition) is 0. The number of alkyl halides is 6. The quantitative estimate of drug-likeness (QED) is 0.162. The summed E-state index contributed by atoms with van der Waals surface area (Å²) < 4.78 is 80.9. The molecule has 3 aromatic heterocycles. The van der Waals surface area contributed by atoms with E-state index in [1.54, 1.807) is 85.4 Å². The Balaban J connectivity index is 1.74. The molecule has 4 heterocycles. The van der Waals surface area contributed by atoms with Crippen molar-refractivity contribution in [1.29, 1.82) is 0 Å². The zero-order valence-electron chi connectivity index (χ0n) is 22.6. The summed E-state index contributed by atoms with van der Waals surface area (Å²) in [6, 6.07) is 17.6. The van der Waals surface area contributed by atoms with Gasteiger partial charge in [-0.2, -0.15) is 26.3 Å². The van der Waals surface area contributed by atoms with Crippen molar-refractivity contribution in [3.63, 3.8) is 0 Å². The van der Waals surface area contributed by atoms with Crippen LogP contribution in [0.25, 0.3) is 0 Å². The summed E-state index contributed by atoms with van der Waals surface area (Å²) in [5, 5.41) is 0. The molecule has 0 radical (unpaired) electrons. The van der Waals surface area contributed by atoms with Crippen molar-refractivity contribution >= 4 is 69.8 Å². The topological polar surface area (TPSA) is 51.6 Å². The van der Waals surface area contributed by atoms with E-state index < -0.39 is 11.0 Å². The van der Waals surface area contributed by atoms with Gasteiger partial charge in [0.15, 0.2) is 0 Å². The summed E-state index contributed by atoms with van der Waals surface area (Å²) in [5.74, 6) is 1.44. The highest BCUT2D eigenvalue weighted by Crippen LogP contribution is 2.45. The number of aromatic nitrogens is 3. The Kier molecular flexibility index (Phi) is 7.83. The molecule has 15 heteroatoms. The average molecular weight is 624 g/mol. The zero-order valence-corrected chi connectivity index (χ0v) is 24.2. The van der Waals surface area contributed by atoms with Crippen LogP contribution in [-0.2, 0) is 0 Å². The molecule has 0 saturated carbocycles. The zero-order chi connectivity index (χ0) is 30.4. The summed E-state index contributed by atoms with van der Waals surface area (Å²) in [7, 11) is 6.53. The first kappa shape index (κ1) is 29.6. The highest BCUT2D eigenvalue weighted by atomic mass is 32.2. The largest absolute Gasteiger partial charge is 0.446 e. The summed E-state index contributed by atoms with van der Waals surface area (Å²) in [6.07, 6.45) is 0. The molecule has 1 aromatic carbocycles. The number of rotatable bonds is 2. The van der Waals surface area contributed by atoms with Gasteiger partial charge >= 0.3 is 11.0 Å². The van der Waals surface area contributed by atoms with Gasteiger partial charge in [0.2, 0.25) is 0 Å². The molecule has 0 saturated heterocycles. The molecule has 4 aromatic rings. The minimum absolute atomic E-state index is 0.0447. The van der Waals surface area contributed by atoms with Crippen LogP contribution in [0.2, 0.25) is 0 Å². The Hall–Kier alpha value is -3.85. The fourth-order valence-corrected chi connectivity index (χ4v) is 5.61. The van der Waals surface area contributed by atoms with E-state index >= 15 is 0 Å². The molecule has 8 bridgehead atoms. The smallest absolute Gasteiger partial charge is 0.329 e. The standard InChI is InChI=1S/C27H23F6N7S2/c1-37-16-7-5-8-17(15-16)38(2)24-18(41-26(28,29)30)12-14-23(36-24)39(3)20-9-6-10-21(34-20)40(4)25-19(42-27(31,32)33)11-13-22(37)35-25/h5-15H,1-4H3. The van der Waals surface area contributed by atoms with Crippen LogP contribution in [0.3, 0.4) is 0 Å². The van der Waals surface area contributed by atoms with Gasteiger partial charge in [-0.3, -0.25) is 0 Å². The van der Waals surface area contributed by atoms with Gasteiger partial charge in [-0.1, -0.05) is 12.1 Å². The van der Waals surface area contributed by atoms with Gasteiger partial charge in [-0.15, -0.1) is 0 Å². The number of nitrogens with zero attached hydrogens (tertiary/aromatic N) is 7. The second kappa shape index (κ2) is 11.1. The predicted octanol–water partition coefficient (Wildman–Crippen LogP) is 8.48. The second-order valence-corrected chi connectivity index (χ2v) is 11.4. The molecule has 1 aliphatic rings. The SMILES string of the molecule is CN1c2cccc(c2)N(C)c2nc(ccc2SC(F)(F)F)N(C)c2cccc(n2)N(C)c2nc1ccc2SC(F)(F)F. The fraction of sp³-hybridized carbons (Fsp3) is 0.222. The number of fused-ring (bicyclic) bond motifs is 8. The average Bonchev–Trinajstić information content (AvgIpc) is 2.94. The Morgan fingerprint density at radius 1 is 0.500 bits per heavy atom. The van der Waals surface area contributed by atoms with Crippen LogP contribution in [-0.4, -0.2) is 54.2 Å². The van der Waals surface area contributed by atoms with E-state index in [9.17, 15) is 26.3 Å². The van der Waals surface area contributed by atoms with E-state index in [-0.39, 0.29) is 45.0 Å². The molecule has 0 N–H and O–H groups in total. The first-order valence-corrected chi connectivity index (χ1v) is 13.9. The highest BCUT2D eigenvalue weighted by molar-refractivity contribution is 8.00. The van der Waals surface area contributed by atoms with E-state index in [0.717, 1.165) is 0 Å². The summed E-state index contributed by atoms with van der Waals surface area (Å²) in [5.41, 5.74) is -7.95. The minimum atomic E-state index is -4.55. The number of benzene rings is 1. The lowest BCUT2D eigenvalue weighted by atomic mass is 10.2. The molecule has 0 fully saturated rings. The molecule has 0 aliphatic carbocycles. The lowest BCUT2D eigenvalue weighted by Crippen LogP contribution is -2.21. The number of anilines is 8. The maximum Gasteiger partial charge on any atom is 0.446 e. The van der Waals surface area contributed by atoms with Crippen LogP contribution in [0.1, 0.15) is 0 Å². The van der Waals surface area contributed by atoms with Gasteiger partial charge in [0.1, 0.15) is 34.9 Å². The third-order valence-corrected chi connectivity index (χ3v) is 7.97. The summed E-state index contributed by atoms with van der Waals surface area (Å²) in [6.45, 7) is 0. The van der Waals surface area contributed by atoms with Crippen molar-refractivity contribution in [1.82, 2.24) is 15.0 Å². The number of thioether (sulfide) groups is 2. The van der Waals surface area contributed by atoms with Crippen LogP contribution in [0, 0.1) is 0 Å². The van der Waals surface area contributed by atoms with Crippen molar-refractivity contribution in [3.8, 4) is 0 Å². The van der Waals surface area contributed by atoms with Gasteiger partial charge in [0.25, 0.3) is 0 Å². The van der Waals surface area contributed by atoms with Crippen molar-refractivity contribution in [2.75, 3.05) is 47.8 Å². The monoisotopic (exact) mass is 623 g/mol. The first-order chi connectivity index (χ1) is 19.7. The molecule has 1 aliphatic heterocycles. The minimum Gasteiger partial charge on any atom is -0.329 e. The van der Waals surface area contributed by atoms with Crippen molar-refractivity contribution in [2.24, 2.45) is 0 Å². The predicted molar refractivity (Wildman–Crippen MR) is 155 cm³/mol. The summed E-state index contributed by atoms with van der Waals surface area (Å²) in [4.78, 5) is 19.9. The van der Waals surface area contributed by atoms with Gasteiger partial charge in [0, 0.05) is 39.6 Å². The molecule has 220 valence electrons. The highest BCUT2D eigenvalue weighted by Gasteiger charge is 2.33. The van der Waals surface area contributed by atoms with Gasteiger partial charge in [0.05, 0.1) is 9.79 Å². The van der Waals surface area contributed by atoms with Crippen LogP contribution in [0.15, 0.2) is 76.5 Å². The molecular weight excluding hydrogens is 600 g/mol. The lowest BCUT2D eigenvalue weighted by molar-refractivity contribution is -0.0337. The molecule has 0 atom stereocenters. The normalized spacial score (nSPS) is 14.0. The van der Waals surface area contributed by atoms with Crippen molar-refractivity contribution in [2.45, 2.75) is 20.8 Å². The Bertz CT molecular complexity index is 1500. The molecule has 0 amide bonds. The van der Waals surface area contributed by atoms with Crippen LogP contribution in [0.4, 0.5) is 72.6 Å². The molecule has 7 nitrogen and oxygen atoms in total. The third kappa shape index (κ3) is 6.31. The number of hydrogen-bond acceptors (Lipinski definition) is 9. The Morgan fingerprint density at radius 2 is 0.929 bits per heavy atom. The third-order valence-electron chi connectivity index (χ3n) is 6.43.